The normalized spacial score (nSPS) is 23.5. The second kappa shape index (κ2) is 6.98. The summed E-state index contributed by atoms with van der Waals surface area (Å²) in [6.45, 7) is 0. The predicted octanol–water partition coefficient (Wildman–Crippen LogP) is 5.84. The summed E-state index contributed by atoms with van der Waals surface area (Å²) in [4.78, 5) is 42.1. The van der Waals surface area contributed by atoms with Gasteiger partial charge in [0, 0.05) is 27.7 Å². The van der Waals surface area contributed by atoms with Crippen LogP contribution >= 0.6 is 0 Å². The molecule has 2 spiro atoms. The molecule has 0 saturated heterocycles. The number of rotatable bonds is 3. The van der Waals surface area contributed by atoms with E-state index in [0.717, 1.165) is 24.0 Å². The van der Waals surface area contributed by atoms with Crippen LogP contribution in [0.1, 0.15) is 57.5 Å². The van der Waals surface area contributed by atoms with Crippen molar-refractivity contribution in [3.8, 4) is 0 Å². The summed E-state index contributed by atoms with van der Waals surface area (Å²) < 4.78 is 5.95. The third kappa shape index (κ3) is 2.54. The fraction of sp³-hybridized carbons (Fsp3) is 0.194. The van der Waals surface area contributed by atoms with Gasteiger partial charge in [0.25, 0.3) is 0 Å². The molecule has 1 saturated carbocycles. The van der Waals surface area contributed by atoms with Crippen molar-refractivity contribution >= 4 is 23.3 Å². The van der Waals surface area contributed by atoms with Gasteiger partial charge in [-0.1, -0.05) is 90.5 Å². The first-order chi connectivity index (χ1) is 17.1. The van der Waals surface area contributed by atoms with E-state index in [2.05, 4.69) is 0 Å². The van der Waals surface area contributed by atoms with Crippen molar-refractivity contribution in [2.45, 2.75) is 31.1 Å². The maximum Gasteiger partial charge on any atom is 0.326 e. The summed E-state index contributed by atoms with van der Waals surface area (Å²) in [5.74, 6) is -0.644. The van der Waals surface area contributed by atoms with Crippen molar-refractivity contribution in [2.75, 3.05) is 0 Å². The summed E-state index contributed by atoms with van der Waals surface area (Å²) in [5, 5.41) is 0. The van der Waals surface area contributed by atoms with Crippen LogP contribution in [0.25, 0.3) is 5.76 Å². The van der Waals surface area contributed by atoms with Crippen LogP contribution in [-0.4, -0.2) is 17.5 Å². The third-order valence-electron chi connectivity index (χ3n) is 8.22. The molecular weight excluding hydrogens is 436 g/mol. The van der Waals surface area contributed by atoms with Crippen molar-refractivity contribution < 1.29 is 19.1 Å². The molecule has 1 heterocycles. The number of carbonyl (C=O) groups is 3. The molecule has 0 bridgehead atoms. The first-order valence-electron chi connectivity index (χ1n) is 12.1. The van der Waals surface area contributed by atoms with Crippen LogP contribution in [0.15, 0.2) is 102 Å². The minimum absolute atomic E-state index is 0.143. The largest absolute Gasteiger partial charge is 0.424 e. The summed E-state index contributed by atoms with van der Waals surface area (Å²) in [5.41, 5.74) is 3.10. The van der Waals surface area contributed by atoms with Crippen molar-refractivity contribution in [1.82, 2.24) is 0 Å². The molecule has 3 aromatic carbocycles. The number of fused-ring (bicyclic) bond motifs is 4. The van der Waals surface area contributed by atoms with Crippen molar-refractivity contribution in [2.24, 2.45) is 5.41 Å². The minimum Gasteiger partial charge on any atom is -0.424 e. The van der Waals surface area contributed by atoms with E-state index in [1.165, 1.54) is 0 Å². The van der Waals surface area contributed by atoms with Gasteiger partial charge < -0.3 is 4.74 Å². The number of cyclic esters (lactones) is 1. The lowest BCUT2D eigenvalue weighted by atomic mass is 9.66. The number of ether oxygens (including phenoxy) is 1. The van der Waals surface area contributed by atoms with Gasteiger partial charge >= 0.3 is 5.97 Å². The molecule has 7 rings (SSSR count). The molecule has 4 nitrogen and oxygen atoms in total. The Morgan fingerprint density at radius 3 is 2.14 bits per heavy atom. The molecule has 4 aliphatic rings. The molecule has 3 aromatic rings. The maximum atomic E-state index is 14.1. The maximum absolute atomic E-state index is 14.1. The van der Waals surface area contributed by atoms with Crippen LogP contribution in [0.4, 0.5) is 0 Å². The van der Waals surface area contributed by atoms with Crippen LogP contribution in [0.2, 0.25) is 0 Å². The zero-order valence-corrected chi connectivity index (χ0v) is 19.0. The van der Waals surface area contributed by atoms with E-state index in [1.807, 2.05) is 60.7 Å². The molecule has 3 aliphatic carbocycles. The van der Waals surface area contributed by atoms with Crippen molar-refractivity contribution in [3.63, 3.8) is 0 Å². The van der Waals surface area contributed by atoms with E-state index in [1.54, 1.807) is 24.3 Å². The molecular formula is C31H22O4. The fourth-order valence-electron chi connectivity index (χ4n) is 6.53. The lowest BCUT2D eigenvalue weighted by Gasteiger charge is -2.32. The molecule has 4 heteroatoms. The molecule has 1 aliphatic heterocycles. The second-order valence-corrected chi connectivity index (χ2v) is 9.87. The highest BCUT2D eigenvalue weighted by Crippen LogP contribution is 2.67. The Morgan fingerprint density at radius 1 is 0.771 bits per heavy atom. The first-order valence-corrected chi connectivity index (χ1v) is 12.1. The topological polar surface area (TPSA) is 60.4 Å². The minimum atomic E-state index is -1.38. The monoisotopic (exact) mass is 458 g/mol. The zero-order valence-electron chi connectivity index (χ0n) is 19.0. The van der Waals surface area contributed by atoms with Gasteiger partial charge in [-0.05, 0) is 31.2 Å². The Morgan fingerprint density at radius 2 is 1.43 bits per heavy atom. The number of allylic oxidation sites excluding steroid dienone is 1. The Balaban J connectivity index is 1.51. The highest BCUT2D eigenvalue weighted by molar-refractivity contribution is 6.26. The smallest absolute Gasteiger partial charge is 0.326 e. The van der Waals surface area contributed by atoms with E-state index >= 15 is 0 Å². The SMILES string of the molecule is O=C(C1=C(c2ccccc2)OC(=O)C12CCC1=C2C(=O)c2ccccc2C12CC2)c1ccccc1. The van der Waals surface area contributed by atoms with Crippen LogP contribution in [0.3, 0.4) is 0 Å². The van der Waals surface area contributed by atoms with Gasteiger partial charge in [-0.15, -0.1) is 0 Å². The lowest BCUT2D eigenvalue weighted by molar-refractivity contribution is -0.141. The average molecular weight is 459 g/mol. The lowest BCUT2D eigenvalue weighted by Crippen LogP contribution is -2.38. The standard InChI is InChI=1S/C31H22O4/c32-26(19-9-3-1-4-10-19)25-28(20-11-5-2-6-12-20)35-29(34)31(25)16-15-23-24(31)27(33)21-13-7-8-14-22(21)30(23)17-18-30/h1-14H,15-18H2. The van der Waals surface area contributed by atoms with E-state index < -0.39 is 11.4 Å². The van der Waals surface area contributed by atoms with Gasteiger partial charge in [-0.25, -0.2) is 0 Å². The summed E-state index contributed by atoms with van der Waals surface area (Å²) in [6, 6.07) is 26.0. The van der Waals surface area contributed by atoms with Crippen molar-refractivity contribution in [3.05, 3.63) is 124 Å². The van der Waals surface area contributed by atoms with E-state index in [-0.39, 0.29) is 22.7 Å². The molecule has 1 atom stereocenters. The Kier molecular flexibility index (Phi) is 4.06. The molecule has 1 unspecified atom stereocenters. The molecule has 0 aromatic heterocycles. The van der Waals surface area contributed by atoms with Gasteiger partial charge in [0.2, 0.25) is 0 Å². The highest BCUT2D eigenvalue weighted by Gasteiger charge is 2.66. The number of benzene rings is 3. The third-order valence-corrected chi connectivity index (χ3v) is 8.22. The second-order valence-electron chi connectivity index (χ2n) is 9.87. The van der Waals surface area contributed by atoms with Gasteiger partial charge in [0.05, 0.1) is 5.57 Å². The van der Waals surface area contributed by atoms with Crippen LogP contribution < -0.4 is 0 Å². The first kappa shape index (κ1) is 20.3. The fourth-order valence-corrected chi connectivity index (χ4v) is 6.53. The van der Waals surface area contributed by atoms with E-state index in [9.17, 15) is 14.4 Å². The van der Waals surface area contributed by atoms with Gasteiger partial charge in [-0.2, -0.15) is 0 Å². The number of esters is 1. The Labute approximate surface area is 202 Å². The molecule has 0 radical (unpaired) electrons. The predicted molar refractivity (Wildman–Crippen MR) is 131 cm³/mol. The van der Waals surface area contributed by atoms with Crippen LogP contribution in [0.5, 0.6) is 0 Å². The number of hydrogen-bond acceptors (Lipinski definition) is 4. The van der Waals surface area contributed by atoms with Gasteiger partial charge in [0.15, 0.2) is 11.6 Å². The van der Waals surface area contributed by atoms with Crippen molar-refractivity contribution in [1.29, 1.82) is 0 Å². The quantitative estimate of drug-likeness (QED) is 0.365. The van der Waals surface area contributed by atoms with Crippen LogP contribution in [0, 0.1) is 5.41 Å². The van der Waals surface area contributed by atoms with Crippen LogP contribution in [-0.2, 0) is 14.9 Å². The molecule has 170 valence electrons. The molecule has 35 heavy (non-hydrogen) atoms. The highest BCUT2D eigenvalue weighted by atomic mass is 16.5. The average Bonchev–Trinajstić information content (AvgIpc) is 3.52. The van der Waals surface area contributed by atoms with Gasteiger partial charge in [-0.3, -0.25) is 14.4 Å². The summed E-state index contributed by atoms with van der Waals surface area (Å²) >= 11 is 0. The molecule has 0 N–H and O–H groups in total. The van der Waals surface area contributed by atoms with Gasteiger partial charge in [0.1, 0.15) is 11.2 Å². The Bertz CT molecular complexity index is 1510. The summed E-state index contributed by atoms with van der Waals surface area (Å²) in [7, 11) is 0. The van der Waals surface area contributed by atoms with E-state index in [4.69, 9.17) is 4.74 Å². The number of hydrogen-bond donors (Lipinski definition) is 0. The Hall–Kier alpha value is -4.05. The molecule has 1 fully saturated rings. The number of ketones is 2. The molecule has 0 amide bonds. The number of carbonyl (C=O) groups excluding carboxylic acids is 3. The zero-order chi connectivity index (χ0) is 23.8. The number of Topliss-reactive ketones (excluding diaryl/α,β-unsaturated/α-hetero) is 2. The summed E-state index contributed by atoms with van der Waals surface area (Å²) in [6.07, 6.45) is 2.90. The van der Waals surface area contributed by atoms with E-state index in [0.29, 0.717) is 40.7 Å².